The van der Waals surface area contributed by atoms with Gasteiger partial charge in [0.05, 0.1) is 0 Å². The Balaban J connectivity index is 1.52. The van der Waals surface area contributed by atoms with E-state index in [0.29, 0.717) is 5.92 Å². The molecule has 1 aliphatic rings. The number of aryl methyl sites for hydroxylation is 1. The molecule has 2 aromatic carbocycles. The molecule has 20 heavy (non-hydrogen) atoms. The first-order chi connectivity index (χ1) is 9.74. The maximum Gasteiger partial charge on any atom is 0.123 e. The molecule has 0 bridgehead atoms. The molecular weight excluding hydrogens is 247 g/mol. The van der Waals surface area contributed by atoms with E-state index in [9.17, 15) is 4.39 Å². The van der Waals surface area contributed by atoms with Crippen LogP contribution in [-0.4, -0.2) is 0 Å². The summed E-state index contributed by atoms with van der Waals surface area (Å²) in [4.78, 5) is 0. The van der Waals surface area contributed by atoms with E-state index in [1.165, 1.54) is 24.0 Å². The van der Waals surface area contributed by atoms with E-state index in [4.69, 9.17) is 0 Å². The average Bonchev–Trinajstić information content (AvgIpc) is 3.27. The molecule has 0 aromatic heterocycles. The third-order valence-electron chi connectivity index (χ3n) is 4.60. The first kappa shape index (κ1) is 13.4. The Morgan fingerprint density at radius 1 is 1.05 bits per heavy atom. The second kappa shape index (κ2) is 5.78. The molecule has 3 unspecified atom stereocenters. The van der Waals surface area contributed by atoms with Crippen LogP contribution in [0.1, 0.15) is 36.8 Å². The maximum atomic E-state index is 12.9. The third-order valence-corrected chi connectivity index (χ3v) is 4.60. The van der Waals surface area contributed by atoms with Crippen molar-refractivity contribution in [3.05, 3.63) is 71.5 Å². The van der Waals surface area contributed by atoms with Crippen LogP contribution in [0.15, 0.2) is 54.6 Å². The van der Waals surface area contributed by atoms with Gasteiger partial charge in [-0.3, -0.25) is 0 Å². The molecule has 3 atom stereocenters. The standard InChI is InChI=1S/C19H21F/c1-14(7-8-15-5-3-2-4-6-15)18-13-19(18)16-9-11-17(20)12-10-16/h2-6,9-12,14,18-19H,7-8,13H2,1H3. The largest absolute Gasteiger partial charge is 0.207 e. The molecule has 0 spiro atoms. The van der Waals surface area contributed by atoms with Gasteiger partial charge in [0.2, 0.25) is 0 Å². The Morgan fingerprint density at radius 3 is 2.45 bits per heavy atom. The first-order valence-corrected chi connectivity index (χ1v) is 7.53. The minimum atomic E-state index is -0.136. The van der Waals surface area contributed by atoms with E-state index in [0.717, 1.165) is 18.3 Å². The fraction of sp³-hybridized carbons (Fsp3) is 0.368. The number of hydrogen-bond acceptors (Lipinski definition) is 0. The summed E-state index contributed by atoms with van der Waals surface area (Å²) in [6, 6.07) is 17.8. The fourth-order valence-electron chi connectivity index (χ4n) is 3.19. The van der Waals surface area contributed by atoms with Crippen molar-refractivity contribution in [1.29, 1.82) is 0 Å². The van der Waals surface area contributed by atoms with Crippen molar-refractivity contribution >= 4 is 0 Å². The van der Waals surface area contributed by atoms with Gasteiger partial charge in [-0.2, -0.15) is 0 Å². The molecule has 3 rings (SSSR count). The van der Waals surface area contributed by atoms with Crippen LogP contribution in [0, 0.1) is 17.7 Å². The lowest BCUT2D eigenvalue weighted by atomic mass is 9.94. The summed E-state index contributed by atoms with van der Waals surface area (Å²) in [7, 11) is 0. The molecule has 1 saturated carbocycles. The summed E-state index contributed by atoms with van der Waals surface area (Å²) in [6.07, 6.45) is 3.67. The predicted molar refractivity (Wildman–Crippen MR) is 81.2 cm³/mol. The van der Waals surface area contributed by atoms with Crippen LogP contribution in [0.3, 0.4) is 0 Å². The minimum Gasteiger partial charge on any atom is -0.207 e. The van der Waals surface area contributed by atoms with E-state index in [-0.39, 0.29) is 5.82 Å². The van der Waals surface area contributed by atoms with Crippen molar-refractivity contribution in [3.8, 4) is 0 Å². The van der Waals surface area contributed by atoms with E-state index < -0.39 is 0 Å². The Kier molecular flexibility index (Phi) is 3.86. The monoisotopic (exact) mass is 268 g/mol. The van der Waals surface area contributed by atoms with Crippen molar-refractivity contribution in [1.82, 2.24) is 0 Å². The van der Waals surface area contributed by atoms with Gasteiger partial charge in [0.1, 0.15) is 5.82 Å². The molecular formula is C19H21F. The third kappa shape index (κ3) is 3.09. The highest BCUT2D eigenvalue weighted by Crippen LogP contribution is 2.52. The van der Waals surface area contributed by atoms with E-state index >= 15 is 0 Å². The van der Waals surface area contributed by atoms with Crippen LogP contribution < -0.4 is 0 Å². The van der Waals surface area contributed by atoms with Gasteiger partial charge in [0.15, 0.2) is 0 Å². The highest BCUT2D eigenvalue weighted by Gasteiger charge is 2.41. The lowest BCUT2D eigenvalue weighted by Gasteiger charge is -2.11. The van der Waals surface area contributed by atoms with Crippen molar-refractivity contribution < 1.29 is 4.39 Å². The van der Waals surface area contributed by atoms with E-state index in [1.807, 2.05) is 12.1 Å². The van der Waals surface area contributed by atoms with Crippen molar-refractivity contribution in [2.75, 3.05) is 0 Å². The summed E-state index contributed by atoms with van der Waals surface area (Å²) in [5, 5.41) is 0. The minimum absolute atomic E-state index is 0.136. The van der Waals surface area contributed by atoms with Gasteiger partial charge >= 0.3 is 0 Å². The normalized spacial score (nSPS) is 22.5. The Hall–Kier alpha value is -1.63. The zero-order chi connectivity index (χ0) is 13.9. The molecule has 0 radical (unpaired) electrons. The van der Waals surface area contributed by atoms with Gasteiger partial charge < -0.3 is 0 Å². The lowest BCUT2D eigenvalue weighted by molar-refractivity contribution is 0.461. The van der Waals surface area contributed by atoms with Crippen molar-refractivity contribution in [3.63, 3.8) is 0 Å². The summed E-state index contributed by atoms with van der Waals surface area (Å²) < 4.78 is 12.9. The quantitative estimate of drug-likeness (QED) is 0.699. The van der Waals surface area contributed by atoms with Gasteiger partial charge in [-0.05, 0) is 60.3 Å². The number of hydrogen-bond donors (Lipinski definition) is 0. The molecule has 0 N–H and O–H groups in total. The molecule has 1 heteroatoms. The highest BCUT2D eigenvalue weighted by atomic mass is 19.1. The van der Waals surface area contributed by atoms with Crippen LogP contribution in [0.4, 0.5) is 4.39 Å². The van der Waals surface area contributed by atoms with Gasteiger partial charge in [-0.15, -0.1) is 0 Å². The molecule has 0 heterocycles. The van der Waals surface area contributed by atoms with Crippen molar-refractivity contribution in [2.24, 2.45) is 11.8 Å². The second-order valence-electron chi connectivity index (χ2n) is 6.06. The first-order valence-electron chi connectivity index (χ1n) is 7.53. The van der Waals surface area contributed by atoms with Crippen LogP contribution in [0.5, 0.6) is 0 Å². The molecule has 2 aromatic rings. The van der Waals surface area contributed by atoms with Crippen LogP contribution in [-0.2, 0) is 6.42 Å². The molecule has 1 fully saturated rings. The lowest BCUT2D eigenvalue weighted by Crippen LogP contribution is -2.01. The van der Waals surface area contributed by atoms with Gasteiger partial charge in [-0.1, -0.05) is 49.4 Å². The number of benzene rings is 2. The molecule has 0 saturated heterocycles. The van der Waals surface area contributed by atoms with Crippen LogP contribution in [0.25, 0.3) is 0 Å². The summed E-state index contributed by atoms with van der Waals surface area (Å²) in [6.45, 7) is 2.36. The molecule has 0 nitrogen and oxygen atoms in total. The summed E-state index contributed by atoms with van der Waals surface area (Å²) >= 11 is 0. The average molecular weight is 268 g/mol. The van der Waals surface area contributed by atoms with Gasteiger partial charge in [-0.25, -0.2) is 4.39 Å². The summed E-state index contributed by atoms with van der Waals surface area (Å²) in [5.41, 5.74) is 2.74. The highest BCUT2D eigenvalue weighted by molar-refractivity contribution is 5.26. The molecule has 0 amide bonds. The summed E-state index contributed by atoms with van der Waals surface area (Å²) in [5.74, 6) is 2.04. The topological polar surface area (TPSA) is 0 Å². The zero-order valence-electron chi connectivity index (χ0n) is 11.9. The van der Waals surface area contributed by atoms with Crippen LogP contribution in [0.2, 0.25) is 0 Å². The van der Waals surface area contributed by atoms with Gasteiger partial charge in [0, 0.05) is 0 Å². The van der Waals surface area contributed by atoms with E-state index in [2.05, 4.69) is 37.3 Å². The number of halogens is 1. The maximum absolute atomic E-state index is 12.9. The Bertz CT molecular complexity index is 544. The van der Waals surface area contributed by atoms with E-state index in [1.54, 1.807) is 12.1 Å². The van der Waals surface area contributed by atoms with Crippen molar-refractivity contribution in [2.45, 2.75) is 32.1 Å². The molecule has 1 aliphatic carbocycles. The predicted octanol–water partition coefficient (Wildman–Crippen LogP) is 5.20. The Morgan fingerprint density at radius 2 is 1.75 bits per heavy atom. The second-order valence-corrected chi connectivity index (χ2v) is 6.06. The fourth-order valence-corrected chi connectivity index (χ4v) is 3.19. The molecule has 104 valence electrons. The SMILES string of the molecule is CC(CCc1ccccc1)C1CC1c1ccc(F)cc1. The molecule has 0 aliphatic heterocycles. The Labute approximate surface area is 120 Å². The number of rotatable bonds is 5. The zero-order valence-corrected chi connectivity index (χ0v) is 11.9. The smallest absolute Gasteiger partial charge is 0.123 e. The van der Waals surface area contributed by atoms with Crippen LogP contribution >= 0.6 is 0 Å². The van der Waals surface area contributed by atoms with Gasteiger partial charge in [0.25, 0.3) is 0 Å².